The molecule has 1 amide bonds. The highest BCUT2D eigenvalue weighted by Gasteiger charge is 2.15. The number of carbonyl (C=O) groups excluding carboxylic acids is 1. The molecule has 1 fully saturated rings. The Hall–Kier alpha value is -2.19. The maximum absolute atomic E-state index is 11.2. The molecule has 0 atom stereocenters. The van der Waals surface area contributed by atoms with Crippen molar-refractivity contribution in [1.29, 1.82) is 0 Å². The second kappa shape index (κ2) is 7.59. The lowest BCUT2D eigenvalue weighted by Gasteiger charge is -2.31. The fourth-order valence-corrected chi connectivity index (χ4v) is 2.89. The third-order valence-corrected chi connectivity index (χ3v) is 4.24. The Balaban J connectivity index is 1.77. The molecule has 7 nitrogen and oxygen atoms in total. The summed E-state index contributed by atoms with van der Waals surface area (Å²) < 4.78 is 6.46. The molecule has 1 saturated heterocycles. The van der Waals surface area contributed by atoms with Gasteiger partial charge in [0.05, 0.1) is 25.6 Å². The van der Waals surface area contributed by atoms with Crippen molar-refractivity contribution >= 4 is 33.3 Å². The van der Waals surface area contributed by atoms with Crippen LogP contribution in [0.5, 0.6) is 0 Å². The molecule has 1 aromatic heterocycles. The molecule has 3 rings (SSSR count). The van der Waals surface area contributed by atoms with Crippen LogP contribution in [0.15, 0.2) is 35.1 Å². The van der Waals surface area contributed by atoms with Gasteiger partial charge in [-0.1, -0.05) is 22.0 Å². The summed E-state index contributed by atoms with van der Waals surface area (Å²) in [7, 11) is 0. The number of halogens is 1. The first kappa shape index (κ1) is 16.7. The summed E-state index contributed by atoms with van der Waals surface area (Å²) in [6, 6.07) is 6.17. The number of carbonyl (C=O) groups is 1. The van der Waals surface area contributed by atoms with Crippen LogP contribution in [0.4, 0.5) is 11.5 Å². The number of morpholine rings is 1. The van der Waals surface area contributed by atoms with Crippen LogP contribution < -0.4 is 16.0 Å². The first-order valence-corrected chi connectivity index (χ1v) is 8.39. The zero-order valence-corrected chi connectivity index (χ0v) is 14.6. The van der Waals surface area contributed by atoms with Crippen molar-refractivity contribution in [3.63, 3.8) is 0 Å². The highest BCUT2D eigenvalue weighted by Crippen LogP contribution is 2.26. The van der Waals surface area contributed by atoms with Crippen LogP contribution in [0.25, 0.3) is 0 Å². The Morgan fingerprint density at radius 3 is 2.88 bits per heavy atom. The van der Waals surface area contributed by atoms with Gasteiger partial charge >= 0.3 is 0 Å². The minimum Gasteiger partial charge on any atom is -0.378 e. The Kier molecular flexibility index (Phi) is 5.27. The monoisotopic (exact) mass is 391 g/mol. The van der Waals surface area contributed by atoms with Gasteiger partial charge in [0.25, 0.3) is 5.91 Å². The third kappa shape index (κ3) is 4.01. The number of hydrogen-bond donors (Lipinski definition) is 2. The molecule has 2 aromatic rings. The smallest absolute Gasteiger partial charge is 0.268 e. The number of amides is 1. The van der Waals surface area contributed by atoms with Crippen molar-refractivity contribution in [1.82, 2.24) is 9.97 Å². The maximum atomic E-state index is 11.2. The van der Waals surface area contributed by atoms with E-state index in [2.05, 4.69) is 48.2 Å². The summed E-state index contributed by atoms with van der Waals surface area (Å²) in [5, 5.41) is 3.20. The fourth-order valence-electron chi connectivity index (χ4n) is 2.54. The quantitative estimate of drug-likeness (QED) is 0.806. The molecule has 0 radical (unpaired) electrons. The van der Waals surface area contributed by atoms with E-state index >= 15 is 0 Å². The first-order valence-electron chi connectivity index (χ1n) is 7.60. The van der Waals surface area contributed by atoms with Gasteiger partial charge < -0.3 is 20.7 Å². The van der Waals surface area contributed by atoms with Crippen LogP contribution >= 0.6 is 15.9 Å². The van der Waals surface area contributed by atoms with Crippen LogP contribution in [0.1, 0.15) is 16.1 Å². The molecular weight excluding hydrogens is 374 g/mol. The fraction of sp³-hybridized carbons (Fsp3) is 0.312. The van der Waals surface area contributed by atoms with Gasteiger partial charge in [0.2, 0.25) is 0 Å². The Labute approximate surface area is 148 Å². The molecule has 0 bridgehead atoms. The van der Waals surface area contributed by atoms with Gasteiger partial charge in [0.15, 0.2) is 0 Å². The van der Waals surface area contributed by atoms with E-state index in [1.807, 2.05) is 6.07 Å². The molecule has 8 heteroatoms. The molecular formula is C16H18BrN5O2. The number of aromatic nitrogens is 2. The van der Waals surface area contributed by atoms with Gasteiger partial charge in [0.1, 0.15) is 11.5 Å². The Morgan fingerprint density at radius 2 is 2.12 bits per heavy atom. The van der Waals surface area contributed by atoms with Crippen molar-refractivity contribution in [2.24, 2.45) is 5.73 Å². The second-order valence-corrected chi connectivity index (χ2v) is 6.30. The van der Waals surface area contributed by atoms with Crippen molar-refractivity contribution < 1.29 is 9.53 Å². The SMILES string of the molecule is NC(=O)c1cncc(NCc2ccc(Br)cc2N2CCOCC2)n1. The molecule has 0 aliphatic carbocycles. The number of benzene rings is 1. The normalized spacial score (nSPS) is 14.5. The average molecular weight is 392 g/mol. The van der Waals surface area contributed by atoms with E-state index < -0.39 is 5.91 Å². The van der Waals surface area contributed by atoms with Gasteiger partial charge in [-0.15, -0.1) is 0 Å². The van der Waals surface area contributed by atoms with E-state index in [1.54, 1.807) is 6.20 Å². The Bertz CT molecular complexity index is 734. The predicted molar refractivity (Wildman–Crippen MR) is 95.1 cm³/mol. The topological polar surface area (TPSA) is 93.4 Å². The van der Waals surface area contributed by atoms with Gasteiger partial charge in [-0.05, 0) is 17.7 Å². The first-order chi connectivity index (χ1) is 11.6. The summed E-state index contributed by atoms with van der Waals surface area (Å²) in [4.78, 5) is 21.6. The average Bonchev–Trinajstić information content (AvgIpc) is 2.61. The van der Waals surface area contributed by atoms with E-state index in [1.165, 1.54) is 6.20 Å². The van der Waals surface area contributed by atoms with Crippen molar-refractivity contribution in [2.45, 2.75) is 6.54 Å². The summed E-state index contributed by atoms with van der Waals surface area (Å²) in [6.45, 7) is 3.74. The zero-order valence-electron chi connectivity index (χ0n) is 13.0. The molecule has 3 N–H and O–H groups in total. The summed E-state index contributed by atoms with van der Waals surface area (Å²) in [5.41, 5.74) is 7.66. The van der Waals surface area contributed by atoms with Gasteiger partial charge in [-0.25, -0.2) is 4.98 Å². The summed E-state index contributed by atoms with van der Waals surface area (Å²) in [6.07, 6.45) is 2.92. The number of hydrogen-bond acceptors (Lipinski definition) is 6. The van der Waals surface area contributed by atoms with E-state index in [0.717, 1.165) is 42.0 Å². The molecule has 0 saturated carbocycles. The number of nitrogens with two attached hydrogens (primary N) is 1. The van der Waals surface area contributed by atoms with Gasteiger partial charge in [0, 0.05) is 29.8 Å². The number of ether oxygens (including phenoxy) is 1. The van der Waals surface area contributed by atoms with E-state index in [-0.39, 0.29) is 5.69 Å². The standard InChI is InChI=1S/C16H18BrN5O2/c17-12-2-1-11(14(7-12)22-3-5-24-6-4-22)8-20-15-10-19-9-13(21-15)16(18)23/h1-2,7,9-10H,3-6,8H2,(H2,18,23)(H,20,21). The lowest BCUT2D eigenvalue weighted by Crippen LogP contribution is -2.36. The van der Waals surface area contributed by atoms with E-state index in [0.29, 0.717) is 12.4 Å². The van der Waals surface area contributed by atoms with Gasteiger partial charge in [-0.3, -0.25) is 9.78 Å². The largest absolute Gasteiger partial charge is 0.378 e. The maximum Gasteiger partial charge on any atom is 0.268 e. The second-order valence-electron chi connectivity index (χ2n) is 5.38. The van der Waals surface area contributed by atoms with Crippen molar-refractivity contribution in [2.75, 3.05) is 36.5 Å². The molecule has 2 heterocycles. The number of primary amides is 1. The van der Waals surface area contributed by atoms with E-state index in [9.17, 15) is 4.79 Å². The lowest BCUT2D eigenvalue weighted by molar-refractivity contribution is 0.0995. The van der Waals surface area contributed by atoms with Gasteiger partial charge in [-0.2, -0.15) is 0 Å². The Morgan fingerprint density at radius 1 is 1.33 bits per heavy atom. The zero-order chi connectivity index (χ0) is 16.9. The molecule has 24 heavy (non-hydrogen) atoms. The van der Waals surface area contributed by atoms with Crippen molar-refractivity contribution in [3.8, 4) is 0 Å². The summed E-state index contributed by atoms with van der Waals surface area (Å²) in [5.74, 6) is -0.0778. The highest BCUT2D eigenvalue weighted by molar-refractivity contribution is 9.10. The molecule has 126 valence electrons. The van der Waals surface area contributed by atoms with E-state index in [4.69, 9.17) is 10.5 Å². The predicted octanol–water partition coefficient (Wildman–Crippen LogP) is 1.79. The van der Waals surface area contributed by atoms with Crippen LogP contribution in [0, 0.1) is 0 Å². The third-order valence-electron chi connectivity index (χ3n) is 3.75. The molecule has 1 aliphatic rings. The number of nitrogens with zero attached hydrogens (tertiary/aromatic N) is 3. The molecule has 0 unspecified atom stereocenters. The molecule has 1 aromatic carbocycles. The summed E-state index contributed by atoms with van der Waals surface area (Å²) >= 11 is 3.53. The molecule has 1 aliphatic heterocycles. The minimum atomic E-state index is -0.594. The highest BCUT2D eigenvalue weighted by atomic mass is 79.9. The van der Waals surface area contributed by atoms with Crippen LogP contribution in [-0.2, 0) is 11.3 Å². The van der Waals surface area contributed by atoms with Crippen LogP contribution in [-0.4, -0.2) is 42.2 Å². The van der Waals surface area contributed by atoms with Crippen molar-refractivity contribution in [3.05, 3.63) is 46.3 Å². The van der Waals surface area contributed by atoms with Crippen LogP contribution in [0.3, 0.4) is 0 Å². The number of nitrogens with one attached hydrogen (secondary N) is 1. The number of rotatable bonds is 5. The minimum absolute atomic E-state index is 0.143. The molecule has 0 spiro atoms. The van der Waals surface area contributed by atoms with Crippen LogP contribution in [0.2, 0.25) is 0 Å². The lowest BCUT2D eigenvalue weighted by atomic mass is 10.1. The number of anilines is 2.